The molecule has 0 aliphatic carbocycles. The van der Waals surface area contributed by atoms with Gasteiger partial charge in [0.25, 0.3) is 9.05 Å². The fraction of sp³-hybridized carbons (Fsp3) is 0.400. The Morgan fingerprint density at radius 1 is 1.26 bits per heavy atom. The van der Waals surface area contributed by atoms with Gasteiger partial charge in [-0.15, -0.1) is 0 Å². The van der Waals surface area contributed by atoms with E-state index in [2.05, 4.69) is 0 Å². The molecule has 0 radical (unpaired) electrons. The van der Waals surface area contributed by atoms with Gasteiger partial charge in [-0.1, -0.05) is 11.6 Å². The quantitative estimate of drug-likeness (QED) is 0.603. The van der Waals surface area contributed by atoms with Gasteiger partial charge in [-0.05, 0) is 24.6 Å². The lowest BCUT2D eigenvalue weighted by atomic mass is 10.3. The van der Waals surface area contributed by atoms with Gasteiger partial charge < -0.3 is 4.74 Å². The van der Waals surface area contributed by atoms with Crippen LogP contribution >= 0.6 is 22.3 Å². The molecule has 0 aliphatic rings. The first-order valence-corrected chi connectivity index (χ1v) is 7.72. The molecule has 3 nitrogen and oxygen atoms in total. The van der Waals surface area contributed by atoms with E-state index in [0.717, 1.165) is 6.07 Å². The van der Waals surface area contributed by atoms with Gasteiger partial charge in [-0.2, -0.15) is 13.2 Å². The zero-order chi connectivity index (χ0) is 14.7. The molecule has 0 N–H and O–H groups in total. The normalized spacial score (nSPS) is 12.5. The summed E-state index contributed by atoms with van der Waals surface area (Å²) in [5, 5.41) is 0.127. The van der Waals surface area contributed by atoms with Crippen molar-refractivity contribution >= 4 is 31.3 Å². The molecule has 19 heavy (non-hydrogen) atoms. The van der Waals surface area contributed by atoms with Crippen LogP contribution in [0.25, 0.3) is 0 Å². The molecule has 1 rings (SSSR count). The van der Waals surface area contributed by atoms with Crippen LogP contribution in [-0.4, -0.2) is 21.2 Å². The third-order valence-corrected chi connectivity index (χ3v) is 3.61. The van der Waals surface area contributed by atoms with E-state index in [1.807, 2.05) is 0 Å². The number of hydrogen-bond acceptors (Lipinski definition) is 3. The minimum Gasteiger partial charge on any atom is -0.492 e. The van der Waals surface area contributed by atoms with Gasteiger partial charge in [0.1, 0.15) is 10.6 Å². The average molecular weight is 337 g/mol. The van der Waals surface area contributed by atoms with Crippen molar-refractivity contribution in [2.45, 2.75) is 23.9 Å². The maximum Gasteiger partial charge on any atom is 0.389 e. The summed E-state index contributed by atoms with van der Waals surface area (Å²) >= 11 is 5.62. The van der Waals surface area contributed by atoms with Gasteiger partial charge in [0.05, 0.1) is 6.61 Å². The minimum atomic E-state index is -4.27. The second-order valence-electron chi connectivity index (χ2n) is 3.60. The summed E-state index contributed by atoms with van der Waals surface area (Å²) in [6.45, 7) is -0.277. The molecule has 1 aromatic rings. The summed E-state index contributed by atoms with van der Waals surface area (Å²) in [5.74, 6) is -0.124. The Bertz CT molecular complexity index is 543. The zero-order valence-electron chi connectivity index (χ0n) is 9.38. The Hall–Kier alpha value is -0.660. The number of alkyl halides is 3. The molecule has 0 amide bonds. The van der Waals surface area contributed by atoms with Crippen LogP contribution in [0, 0.1) is 0 Å². The lowest BCUT2D eigenvalue weighted by molar-refractivity contribution is -0.136. The molecule has 108 valence electrons. The van der Waals surface area contributed by atoms with Crippen LogP contribution in [0.2, 0.25) is 5.02 Å². The highest BCUT2D eigenvalue weighted by atomic mass is 35.7. The Morgan fingerprint density at radius 2 is 1.89 bits per heavy atom. The molecule has 0 atom stereocenters. The number of rotatable bonds is 5. The number of halogens is 5. The molecule has 0 unspecified atom stereocenters. The molecule has 0 spiro atoms. The first kappa shape index (κ1) is 16.4. The Labute approximate surface area is 117 Å². The molecule has 0 aromatic heterocycles. The molecule has 1 aromatic carbocycles. The largest absolute Gasteiger partial charge is 0.492 e. The highest BCUT2D eigenvalue weighted by Crippen LogP contribution is 2.30. The van der Waals surface area contributed by atoms with Crippen molar-refractivity contribution in [3.05, 3.63) is 23.2 Å². The van der Waals surface area contributed by atoms with Gasteiger partial charge >= 0.3 is 6.18 Å². The van der Waals surface area contributed by atoms with E-state index in [0.29, 0.717) is 0 Å². The predicted molar refractivity (Wildman–Crippen MR) is 65.3 cm³/mol. The van der Waals surface area contributed by atoms with Gasteiger partial charge in [0.15, 0.2) is 0 Å². The highest BCUT2D eigenvalue weighted by molar-refractivity contribution is 8.13. The monoisotopic (exact) mass is 336 g/mol. The maximum atomic E-state index is 11.9. The SMILES string of the molecule is O=S(=O)(Cl)c1cc(Cl)ccc1OCCCC(F)(F)F. The summed E-state index contributed by atoms with van der Waals surface area (Å²) in [6.07, 6.45) is -5.57. The van der Waals surface area contributed by atoms with Crippen LogP contribution in [0.4, 0.5) is 13.2 Å². The first-order chi connectivity index (χ1) is 8.59. The van der Waals surface area contributed by atoms with E-state index in [1.54, 1.807) is 0 Å². The van der Waals surface area contributed by atoms with E-state index < -0.39 is 21.6 Å². The van der Waals surface area contributed by atoms with Crippen molar-refractivity contribution in [1.82, 2.24) is 0 Å². The van der Waals surface area contributed by atoms with Crippen molar-refractivity contribution in [3.8, 4) is 5.75 Å². The van der Waals surface area contributed by atoms with Crippen LogP contribution in [0.3, 0.4) is 0 Å². The second-order valence-corrected chi connectivity index (χ2v) is 6.57. The molecule has 0 heterocycles. The maximum absolute atomic E-state index is 11.9. The average Bonchev–Trinajstić information content (AvgIpc) is 2.23. The molecule has 9 heteroatoms. The van der Waals surface area contributed by atoms with Crippen molar-refractivity contribution < 1.29 is 26.3 Å². The number of ether oxygens (including phenoxy) is 1. The van der Waals surface area contributed by atoms with Crippen molar-refractivity contribution in [2.75, 3.05) is 6.61 Å². The Kier molecular flexibility index (Phi) is 5.34. The predicted octanol–water partition coefficient (Wildman–Crippen LogP) is 3.99. The van der Waals surface area contributed by atoms with Crippen LogP contribution in [0.1, 0.15) is 12.8 Å². The first-order valence-electron chi connectivity index (χ1n) is 5.03. The Balaban J connectivity index is 2.74. The van der Waals surface area contributed by atoms with Gasteiger partial charge in [0.2, 0.25) is 0 Å². The fourth-order valence-electron chi connectivity index (χ4n) is 1.25. The molecular weight excluding hydrogens is 328 g/mol. The molecule has 0 saturated carbocycles. The van der Waals surface area contributed by atoms with E-state index >= 15 is 0 Å². The number of hydrogen-bond donors (Lipinski definition) is 0. The van der Waals surface area contributed by atoms with Gasteiger partial charge in [-0.25, -0.2) is 8.42 Å². The van der Waals surface area contributed by atoms with Crippen molar-refractivity contribution in [3.63, 3.8) is 0 Å². The van der Waals surface area contributed by atoms with Crippen LogP contribution < -0.4 is 4.74 Å². The lowest BCUT2D eigenvalue weighted by Gasteiger charge is -2.10. The summed E-state index contributed by atoms with van der Waals surface area (Å²) < 4.78 is 63.2. The smallest absolute Gasteiger partial charge is 0.389 e. The summed E-state index contributed by atoms with van der Waals surface area (Å²) in [6, 6.07) is 3.67. The fourth-order valence-corrected chi connectivity index (χ4v) is 2.48. The van der Waals surface area contributed by atoms with E-state index in [9.17, 15) is 21.6 Å². The third-order valence-electron chi connectivity index (χ3n) is 2.03. The lowest BCUT2D eigenvalue weighted by Crippen LogP contribution is -2.10. The Morgan fingerprint density at radius 3 is 2.42 bits per heavy atom. The van der Waals surface area contributed by atoms with E-state index in [1.165, 1.54) is 12.1 Å². The molecule has 0 aliphatic heterocycles. The third kappa shape index (κ3) is 5.88. The van der Waals surface area contributed by atoms with Crippen LogP contribution in [0.15, 0.2) is 23.1 Å². The number of benzene rings is 1. The van der Waals surface area contributed by atoms with Crippen LogP contribution in [-0.2, 0) is 9.05 Å². The molecule has 0 fully saturated rings. The van der Waals surface area contributed by atoms with Crippen molar-refractivity contribution in [1.29, 1.82) is 0 Å². The molecule has 0 saturated heterocycles. The molecular formula is C10H9Cl2F3O3S. The summed E-state index contributed by atoms with van der Waals surface area (Å²) in [7, 11) is 1.09. The van der Waals surface area contributed by atoms with Gasteiger partial charge in [0, 0.05) is 22.1 Å². The standard InChI is InChI=1S/C10H9Cl2F3O3S/c11-7-2-3-8(9(6-7)19(12,16)17)18-5-1-4-10(13,14)15/h2-3,6H,1,4-5H2. The minimum absolute atomic E-state index is 0.124. The van der Waals surface area contributed by atoms with Gasteiger partial charge in [-0.3, -0.25) is 0 Å². The van der Waals surface area contributed by atoms with E-state index in [4.69, 9.17) is 27.0 Å². The molecule has 0 bridgehead atoms. The highest BCUT2D eigenvalue weighted by Gasteiger charge is 2.26. The van der Waals surface area contributed by atoms with E-state index in [-0.39, 0.29) is 28.7 Å². The van der Waals surface area contributed by atoms with Crippen molar-refractivity contribution in [2.24, 2.45) is 0 Å². The summed E-state index contributed by atoms with van der Waals surface area (Å²) in [5.41, 5.74) is 0. The van der Waals surface area contributed by atoms with Crippen LogP contribution in [0.5, 0.6) is 5.75 Å². The summed E-state index contributed by atoms with van der Waals surface area (Å²) in [4.78, 5) is -0.367. The second kappa shape index (κ2) is 6.19. The zero-order valence-corrected chi connectivity index (χ0v) is 11.7. The topological polar surface area (TPSA) is 43.4 Å².